The Morgan fingerprint density at radius 2 is 2.27 bits per heavy atom. The van der Waals surface area contributed by atoms with Crippen molar-refractivity contribution in [2.75, 3.05) is 0 Å². The summed E-state index contributed by atoms with van der Waals surface area (Å²) in [5.41, 5.74) is 5.71. The molecule has 0 radical (unpaired) electrons. The van der Waals surface area contributed by atoms with Gasteiger partial charge in [-0.3, -0.25) is 0 Å². The Hall–Kier alpha value is -0.970. The molecule has 62 valence electrons. The van der Waals surface area contributed by atoms with Crippen LogP contribution in [-0.2, 0) is 0 Å². The van der Waals surface area contributed by atoms with Gasteiger partial charge in [-0.25, -0.2) is 4.98 Å². The largest absolute Gasteiger partial charge is 0.443 e. The summed E-state index contributed by atoms with van der Waals surface area (Å²) in [6.45, 7) is 1.65. The molecular formula is C6H8F2N2O. The average molecular weight is 162 g/mol. The van der Waals surface area contributed by atoms with Gasteiger partial charge in [-0.05, 0) is 6.92 Å². The number of nitrogens with zero attached hydrogens (tertiary/aromatic N) is 1. The lowest BCUT2D eigenvalue weighted by atomic mass is 10.3. The number of alkyl halides is 2. The first-order valence-electron chi connectivity index (χ1n) is 3.10. The van der Waals surface area contributed by atoms with Gasteiger partial charge in [-0.15, -0.1) is 0 Å². The molecule has 0 aromatic carbocycles. The minimum absolute atomic E-state index is 0.348. The van der Waals surface area contributed by atoms with Crippen LogP contribution in [0, 0.1) is 0 Å². The van der Waals surface area contributed by atoms with Crippen molar-refractivity contribution in [2.45, 2.75) is 19.4 Å². The molecule has 1 rings (SSSR count). The van der Waals surface area contributed by atoms with Gasteiger partial charge in [-0.1, -0.05) is 0 Å². The predicted molar refractivity (Wildman–Crippen MR) is 34.1 cm³/mol. The lowest BCUT2D eigenvalue weighted by molar-refractivity contribution is 0.115. The number of aromatic nitrogens is 1. The third-order valence-corrected chi connectivity index (χ3v) is 1.19. The summed E-state index contributed by atoms with van der Waals surface area (Å²) >= 11 is 0. The summed E-state index contributed by atoms with van der Waals surface area (Å²) in [5, 5.41) is 0. The smallest absolute Gasteiger partial charge is 0.313 e. The molecule has 1 aromatic heterocycles. The molecule has 3 nitrogen and oxygen atoms in total. The van der Waals surface area contributed by atoms with E-state index in [-0.39, 0.29) is 6.04 Å². The number of rotatable bonds is 2. The van der Waals surface area contributed by atoms with E-state index in [1.807, 2.05) is 0 Å². The quantitative estimate of drug-likeness (QED) is 0.719. The van der Waals surface area contributed by atoms with Crippen molar-refractivity contribution in [1.29, 1.82) is 0 Å². The molecule has 0 spiro atoms. The molecule has 0 saturated carbocycles. The average Bonchev–Trinajstić information content (AvgIpc) is 2.33. The highest BCUT2D eigenvalue weighted by Gasteiger charge is 2.15. The Kier molecular flexibility index (Phi) is 2.19. The number of hydrogen-bond donors (Lipinski definition) is 1. The second-order valence-corrected chi connectivity index (χ2v) is 2.20. The van der Waals surface area contributed by atoms with Gasteiger partial charge < -0.3 is 10.2 Å². The first-order chi connectivity index (χ1) is 5.11. The second-order valence-electron chi connectivity index (χ2n) is 2.20. The Labute approximate surface area is 62.2 Å². The van der Waals surface area contributed by atoms with E-state index in [9.17, 15) is 8.78 Å². The Morgan fingerprint density at radius 1 is 1.64 bits per heavy atom. The molecule has 0 aliphatic rings. The Bertz CT molecular complexity index is 212. The summed E-state index contributed by atoms with van der Waals surface area (Å²) in [7, 11) is 0. The highest BCUT2D eigenvalue weighted by atomic mass is 19.3. The van der Waals surface area contributed by atoms with E-state index >= 15 is 0 Å². The second kappa shape index (κ2) is 2.96. The summed E-state index contributed by atoms with van der Waals surface area (Å²) in [6.07, 6.45) is -1.52. The van der Waals surface area contributed by atoms with Crippen LogP contribution in [0.2, 0.25) is 0 Å². The molecule has 0 aliphatic carbocycles. The van der Waals surface area contributed by atoms with Crippen LogP contribution in [0.1, 0.15) is 31.0 Å². The van der Waals surface area contributed by atoms with Crippen LogP contribution in [-0.4, -0.2) is 4.98 Å². The monoisotopic (exact) mass is 162 g/mol. The molecule has 1 unspecified atom stereocenters. The maximum absolute atomic E-state index is 11.8. The van der Waals surface area contributed by atoms with Gasteiger partial charge in [-0.2, -0.15) is 8.78 Å². The standard InChI is InChI=1S/C6H8F2N2O/c1-3(9)4-2-11-6(10-4)5(7)8/h2-3,5H,9H2,1H3. The minimum Gasteiger partial charge on any atom is -0.443 e. The van der Waals surface area contributed by atoms with Crippen molar-refractivity contribution in [1.82, 2.24) is 4.98 Å². The molecule has 5 heteroatoms. The zero-order valence-corrected chi connectivity index (χ0v) is 5.92. The fourth-order valence-electron chi connectivity index (χ4n) is 0.610. The molecule has 2 N–H and O–H groups in total. The van der Waals surface area contributed by atoms with E-state index in [1.165, 1.54) is 0 Å². The van der Waals surface area contributed by atoms with Crippen LogP contribution in [0.25, 0.3) is 0 Å². The van der Waals surface area contributed by atoms with E-state index in [4.69, 9.17) is 5.73 Å². The molecular weight excluding hydrogens is 154 g/mol. The summed E-state index contributed by atoms with van der Waals surface area (Å²) in [6, 6.07) is -0.369. The molecule has 0 fully saturated rings. The van der Waals surface area contributed by atoms with Crippen molar-refractivity contribution in [2.24, 2.45) is 5.73 Å². The fraction of sp³-hybridized carbons (Fsp3) is 0.500. The van der Waals surface area contributed by atoms with Crippen molar-refractivity contribution >= 4 is 0 Å². The first kappa shape index (κ1) is 8.13. The van der Waals surface area contributed by atoms with Gasteiger partial charge in [0.1, 0.15) is 6.26 Å². The SMILES string of the molecule is CC(N)c1coc(C(F)F)n1. The Balaban J connectivity index is 2.82. The van der Waals surface area contributed by atoms with E-state index in [1.54, 1.807) is 6.92 Å². The highest BCUT2D eigenvalue weighted by molar-refractivity contribution is 5.01. The number of oxazole rings is 1. The van der Waals surface area contributed by atoms with Crippen LogP contribution < -0.4 is 5.73 Å². The zero-order chi connectivity index (χ0) is 8.43. The third-order valence-electron chi connectivity index (χ3n) is 1.19. The van der Waals surface area contributed by atoms with Crippen molar-refractivity contribution in [3.05, 3.63) is 17.8 Å². The lowest BCUT2D eigenvalue weighted by Crippen LogP contribution is -2.05. The van der Waals surface area contributed by atoms with E-state index in [0.717, 1.165) is 6.26 Å². The van der Waals surface area contributed by atoms with Crippen LogP contribution in [0.5, 0.6) is 0 Å². The van der Waals surface area contributed by atoms with E-state index < -0.39 is 12.3 Å². The molecule has 1 atom stereocenters. The molecule has 0 bridgehead atoms. The predicted octanol–water partition coefficient (Wildman–Crippen LogP) is 1.63. The lowest BCUT2D eigenvalue weighted by Gasteiger charge is -1.94. The van der Waals surface area contributed by atoms with Crippen molar-refractivity contribution in [3.8, 4) is 0 Å². The molecule has 0 saturated heterocycles. The highest BCUT2D eigenvalue weighted by Crippen LogP contribution is 2.19. The minimum atomic E-state index is -2.66. The maximum atomic E-state index is 11.8. The molecule has 0 aliphatic heterocycles. The van der Waals surface area contributed by atoms with Crippen LogP contribution >= 0.6 is 0 Å². The van der Waals surface area contributed by atoms with Crippen molar-refractivity contribution in [3.63, 3.8) is 0 Å². The van der Waals surface area contributed by atoms with Gasteiger partial charge in [0.25, 0.3) is 5.89 Å². The normalized spacial score (nSPS) is 13.9. The number of halogens is 2. The first-order valence-corrected chi connectivity index (χ1v) is 3.10. The summed E-state index contributed by atoms with van der Waals surface area (Å²) in [4.78, 5) is 3.47. The van der Waals surface area contributed by atoms with Gasteiger partial charge in [0.05, 0.1) is 5.69 Å². The third kappa shape index (κ3) is 1.74. The van der Waals surface area contributed by atoms with E-state index in [2.05, 4.69) is 9.40 Å². The number of nitrogens with two attached hydrogens (primary N) is 1. The number of hydrogen-bond acceptors (Lipinski definition) is 3. The maximum Gasteiger partial charge on any atom is 0.313 e. The topological polar surface area (TPSA) is 52.0 Å². The molecule has 11 heavy (non-hydrogen) atoms. The zero-order valence-electron chi connectivity index (χ0n) is 5.92. The molecule has 0 amide bonds. The Morgan fingerprint density at radius 3 is 2.55 bits per heavy atom. The van der Waals surface area contributed by atoms with Crippen molar-refractivity contribution < 1.29 is 13.2 Å². The van der Waals surface area contributed by atoms with Gasteiger partial charge >= 0.3 is 6.43 Å². The van der Waals surface area contributed by atoms with Gasteiger partial charge in [0.15, 0.2) is 0 Å². The van der Waals surface area contributed by atoms with Gasteiger partial charge in [0, 0.05) is 6.04 Å². The van der Waals surface area contributed by atoms with E-state index in [0.29, 0.717) is 5.69 Å². The van der Waals surface area contributed by atoms with Crippen LogP contribution in [0.4, 0.5) is 8.78 Å². The van der Waals surface area contributed by atoms with Gasteiger partial charge in [0.2, 0.25) is 0 Å². The molecule has 1 heterocycles. The van der Waals surface area contributed by atoms with Crippen LogP contribution in [0.3, 0.4) is 0 Å². The molecule has 1 aromatic rings. The summed E-state index contributed by atoms with van der Waals surface area (Å²) < 4.78 is 28.1. The fourth-order valence-corrected chi connectivity index (χ4v) is 0.610. The summed E-state index contributed by atoms with van der Waals surface area (Å²) in [5.74, 6) is -0.572. The van der Waals surface area contributed by atoms with Crippen LogP contribution in [0.15, 0.2) is 10.7 Å².